The third-order valence-corrected chi connectivity index (χ3v) is 2.82. The third-order valence-electron chi connectivity index (χ3n) is 2.82. The van der Waals surface area contributed by atoms with Crippen LogP contribution >= 0.6 is 0 Å². The Hall–Kier alpha value is -0.160. The molecule has 1 fully saturated rings. The molecule has 0 aromatic carbocycles. The second-order valence-electron chi connectivity index (χ2n) is 4.12. The predicted molar refractivity (Wildman–Crippen MR) is 56.4 cm³/mol. The molecule has 84 valence electrons. The first-order chi connectivity index (χ1) is 6.67. The van der Waals surface area contributed by atoms with Crippen LogP contribution in [-0.2, 0) is 4.74 Å². The van der Waals surface area contributed by atoms with Gasteiger partial charge in [-0.15, -0.1) is 0 Å². The van der Waals surface area contributed by atoms with Gasteiger partial charge in [-0.05, 0) is 20.9 Å². The predicted octanol–water partition coefficient (Wildman–Crippen LogP) is -0.324. The van der Waals surface area contributed by atoms with E-state index >= 15 is 0 Å². The van der Waals surface area contributed by atoms with Gasteiger partial charge in [-0.1, -0.05) is 0 Å². The van der Waals surface area contributed by atoms with Crippen LogP contribution < -0.4 is 5.32 Å². The van der Waals surface area contributed by atoms with Gasteiger partial charge in [0.25, 0.3) is 0 Å². The summed E-state index contributed by atoms with van der Waals surface area (Å²) in [4.78, 5) is 2.37. The number of aliphatic hydroxyl groups is 1. The molecule has 4 heteroatoms. The van der Waals surface area contributed by atoms with E-state index in [1.54, 1.807) is 0 Å². The van der Waals surface area contributed by atoms with Crippen molar-refractivity contribution in [2.45, 2.75) is 32.0 Å². The van der Waals surface area contributed by atoms with Crippen LogP contribution in [0.2, 0.25) is 0 Å². The van der Waals surface area contributed by atoms with Crippen molar-refractivity contribution in [3.8, 4) is 0 Å². The van der Waals surface area contributed by atoms with E-state index in [1.165, 1.54) is 0 Å². The maximum absolute atomic E-state index is 9.09. The normalized spacial score (nSPS) is 31.7. The van der Waals surface area contributed by atoms with Crippen LogP contribution in [0.25, 0.3) is 0 Å². The van der Waals surface area contributed by atoms with Gasteiger partial charge in [-0.3, -0.25) is 4.90 Å². The number of hydrogen-bond acceptors (Lipinski definition) is 4. The van der Waals surface area contributed by atoms with Crippen molar-refractivity contribution in [2.75, 3.05) is 33.4 Å². The average molecular weight is 202 g/mol. The summed E-state index contributed by atoms with van der Waals surface area (Å²) in [6, 6.07) is 0.622. The number of nitrogens with zero attached hydrogens (tertiary/aromatic N) is 1. The SMILES string of the molecule is CNC(CO)CN1CC(C)OCC1C. The van der Waals surface area contributed by atoms with Gasteiger partial charge >= 0.3 is 0 Å². The van der Waals surface area contributed by atoms with Crippen LogP contribution in [0.4, 0.5) is 0 Å². The van der Waals surface area contributed by atoms with Crippen molar-refractivity contribution in [1.82, 2.24) is 10.2 Å². The number of ether oxygens (including phenoxy) is 1. The molecule has 1 aliphatic rings. The Morgan fingerprint density at radius 1 is 1.57 bits per heavy atom. The van der Waals surface area contributed by atoms with E-state index in [0.29, 0.717) is 12.1 Å². The summed E-state index contributed by atoms with van der Waals surface area (Å²) in [5.74, 6) is 0. The lowest BCUT2D eigenvalue weighted by atomic mass is 10.1. The summed E-state index contributed by atoms with van der Waals surface area (Å²) in [6.07, 6.45) is 0.308. The Balaban J connectivity index is 2.40. The molecule has 0 aromatic heterocycles. The first-order valence-corrected chi connectivity index (χ1v) is 5.31. The fraction of sp³-hybridized carbons (Fsp3) is 1.00. The lowest BCUT2D eigenvalue weighted by molar-refractivity contribution is -0.0534. The maximum Gasteiger partial charge on any atom is 0.0674 e. The van der Waals surface area contributed by atoms with E-state index in [9.17, 15) is 0 Å². The first-order valence-electron chi connectivity index (χ1n) is 5.31. The minimum Gasteiger partial charge on any atom is -0.395 e. The first kappa shape index (κ1) is 11.9. The Morgan fingerprint density at radius 2 is 2.29 bits per heavy atom. The lowest BCUT2D eigenvalue weighted by Crippen LogP contribution is -2.52. The molecule has 0 aromatic rings. The maximum atomic E-state index is 9.09. The van der Waals surface area contributed by atoms with Gasteiger partial charge in [-0.25, -0.2) is 0 Å². The summed E-state index contributed by atoms with van der Waals surface area (Å²) in [6.45, 7) is 7.08. The molecule has 1 saturated heterocycles. The number of aliphatic hydroxyl groups excluding tert-OH is 1. The van der Waals surface area contributed by atoms with E-state index in [2.05, 4.69) is 24.1 Å². The number of likely N-dealkylation sites (N-methyl/N-ethyl adjacent to an activating group) is 1. The summed E-state index contributed by atoms with van der Waals surface area (Å²) in [5, 5.41) is 12.2. The molecule has 14 heavy (non-hydrogen) atoms. The van der Waals surface area contributed by atoms with E-state index in [1.807, 2.05) is 7.05 Å². The molecule has 0 bridgehead atoms. The largest absolute Gasteiger partial charge is 0.395 e. The van der Waals surface area contributed by atoms with Crippen LogP contribution in [-0.4, -0.2) is 61.5 Å². The highest BCUT2D eigenvalue weighted by molar-refractivity contribution is 4.79. The van der Waals surface area contributed by atoms with Gasteiger partial charge in [0.05, 0.1) is 19.3 Å². The summed E-state index contributed by atoms with van der Waals surface area (Å²) < 4.78 is 5.54. The van der Waals surface area contributed by atoms with E-state index in [4.69, 9.17) is 9.84 Å². The van der Waals surface area contributed by atoms with Gasteiger partial charge in [0.2, 0.25) is 0 Å². The van der Waals surface area contributed by atoms with Crippen LogP contribution in [0.3, 0.4) is 0 Å². The standard InChI is InChI=1S/C10H22N2O2/c1-8-7-14-9(2)4-12(8)5-10(6-13)11-3/h8-11,13H,4-7H2,1-3H3. The molecular formula is C10H22N2O2. The number of rotatable bonds is 4. The Morgan fingerprint density at radius 3 is 2.86 bits per heavy atom. The zero-order valence-electron chi connectivity index (χ0n) is 9.36. The Labute approximate surface area is 86.2 Å². The quantitative estimate of drug-likeness (QED) is 0.655. The van der Waals surface area contributed by atoms with Crippen molar-refractivity contribution >= 4 is 0 Å². The van der Waals surface area contributed by atoms with Gasteiger partial charge in [0.1, 0.15) is 0 Å². The van der Waals surface area contributed by atoms with Crippen molar-refractivity contribution < 1.29 is 9.84 Å². The topological polar surface area (TPSA) is 44.7 Å². The molecule has 1 rings (SSSR count). The second-order valence-corrected chi connectivity index (χ2v) is 4.12. The van der Waals surface area contributed by atoms with Gasteiger partial charge in [0.15, 0.2) is 0 Å². The van der Waals surface area contributed by atoms with Crippen LogP contribution in [0.15, 0.2) is 0 Å². The van der Waals surface area contributed by atoms with Crippen molar-refractivity contribution in [2.24, 2.45) is 0 Å². The second kappa shape index (κ2) is 5.66. The highest BCUT2D eigenvalue weighted by Crippen LogP contribution is 2.11. The molecule has 0 amide bonds. The molecule has 0 saturated carbocycles. The highest BCUT2D eigenvalue weighted by Gasteiger charge is 2.24. The monoisotopic (exact) mass is 202 g/mol. The van der Waals surface area contributed by atoms with E-state index < -0.39 is 0 Å². The molecule has 0 radical (unpaired) electrons. The van der Waals surface area contributed by atoms with Crippen molar-refractivity contribution in [1.29, 1.82) is 0 Å². The number of morpholine rings is 1. The molecule has 2 N–H and O–H groups in total. The van der Waals surface area contributed by atoms with Crippen LogP contribution in [0, 0.1) is 0 Å². The molecule has 0 spiro atoms. The summed E-state index contributed by atoms with van der Waals surface area (Å²) in [5.41, 5.74) is 0. The minimum absolute atomic E-state index is 0.169. The Kier molecular flexibility index (Phi) is 4.81. The lowest BCUT2D eigenvalue weighted by Gasteiger charge is -2.38. The van der Waals surface area contributed by atoms with E-state index in [-0.39, 0.29) is 12.6 Å². The molecule has 3 atom stereocenters. The zero-order chi connectivity index (χ0) is 10.6. The number of nitrogens with one attached hydrogen (secondary N) is 1. The minimum atomic E-state index is 0.169. The van der Waals surface area contributed by atoms with E-state index in [0.717, 1.165) is 19.7 Å². The molecule has 0 aliphatic carbocycles. The van der Waals surface area contributed by atoms with Gasteiger partial charge < -0.3 is 15.2 Å². The third kappa shape index (κ3) is 3.20. The van der Waals surface area contributed by atoms with Gasteiger partial charge in [0, 0.05) is 25.2 Å². The molecule has 1 heterocycles. The average Bonchev–Trinajstić information content (AvgIpc) is 2.19. The van der Waals surface area contributed by atoms with Gasteiger partial charge in [-0.2, -0.15) is 0 Å². The van der Waals surface area contributed by atoms with Crippen LogP contribution in [0.1, 0.15) is 13.8 Å². The molecule has 4 nitrogen and oxygen atoms in total. The Bertz CT molecular complexity index is 162. The summed E-state index contributed by atoms with van der Waals surface area (Å²) >= 11 is 0. The summed E-state index contributed by atoms with van der Waals surface area (Å²) in [7, 11) is 1.88. The molecule has 3 unspecified atom stereocenters. The zero-order valence-corrected chi connectivity index (χ0v) is 9.36. The van der Waals surface area contributed by atoms with Crippen molar-refractivity contribution in [3.05, 3.63) is 0 Å². The highest BCUT2D eigenvalue weighted by atomic mass is 16.5. The molecule has 1 aliphatic heterocycles. The van der Waals surface area contributed by atoms with Crippen LogP contribution in [0.5, 0.6) is 0 Å². The number of hydrogen-bond donors (Lipinski definition) is 2. The fourth-order valence-electron chi connectivity index (χ4n) is 1.75. The smallest absolute Gasteiger partial charge is 0.0674 e. The molecular weight excluding hydrogens is 180 g/mol. The fourth-order valence-corrected chi connectivity index (χ4v) is 1.75. The van der Waals surface area contributed by atoms with Crippen molar-refractivity contribution in [3.63, 3.8) is 0 Å².